The Labute approximate surface area is 141 Å². The number of fused-ring (bicyclic) bond motifs is 1. The molecule has 6 heteroatoms. The summed E-state index contributed by atoms with van der Waals surface area (Å²) in [6.07, 6.45) is 4.22. The summed E-state index contributed by atoms with van der Waals surface area (Å²) < 4.78 is 0. The standard InChI is InChI=1S/C18H21N5O/c1-21-8-10-22(11-9-21)18-19-12-15(13-20-18)17(24)23-7-6-14-4-2-3-5-16(14)23/h2-5,12-13H,6-11H2,1H3. The zero-order chi connectivity index (χ0) is 16.5. The Morgan fingerprint density at radius 2 is 1.71 bits per heavy atom. The van der Waals surface area contributed by atoms with Crippen LogP contribution in [0.1, 0.15) is 15.9 Å². The predicted molar refractivity (Wildman–Crippen MR) is 93.6 cm³/mol. The van der Waals surface area contributed by atoms with Crippen LogP contribution in [0.3, 0.4) is 0 Å². The minimum Gasteiger partial charge on any atom is -0.338 e. The summed E-state index contributed by atoms with van der Waals surface area (Å²) in [6.45, 7) is 4.58. The quantitative estimate of drug-likeness (QED) is 0.837. The number of carbonyl (C=O) groups is 1. The van der Waals surface area contributed by atoms with Crippen LogP contribution >= 0.6 is 0 Å². The van der Waals surface area contributed by atoms with E-state index in [1.54, 1.807) is 12.4 Å². The lowest BCUT2D eigenvalue weighted by molar-refractivity contribution is 0.0988. The molecule has 2 aliphatic rings. The van der Waals surface area contributed by atoms with Crippen LogP contribution in [0.5, 0.6) is 0 Å². The molecule has 124 valence electrons. The van der Waals surface area contributed by atoms with E-state index in [0.29, 0.717) is 11.5 Å². The maximum absolute atomic E-state index is 12.8. The van der Waals surface area contributed by atoms with Crippen molar-refractivity contribution in [1.82, 2.24) is 14.9 Å². The summed E-state index contributed by atoms with van der Waals surface area (Å²) in [7, 11) is 2.12. The van der Waals surface area contributed by atoms with Crippen molar-refractivity contribution < 1.29 is 4.79 Å². The number of hydrogen-bond acceptors (Lipinski definition) is 5. The molecule has 4 rings (SSSR count). The van der Waals surface area contributed by atoms with Crippen LogP contribution in [0.15, 0.2) is 36.7 Å². The Bertz CT molecular complexity index is 737. The monoisotopic (exact) mass is 323 g/mol. The maximum Gasteiger partial charge on any atom is 0.261 e. The third kappa shape index (κ3) is 2.73. The second-order valence-corrected chi connectivity index (χ2v) is 6.40. The second-order valence-electron chi connectivity index (χ2n) is 6.40. The summed E-state index contributed by atoms with van der Waals surface area (Å²) in [5, 5.41) is 0. The molecule has 1 aromatic carbocycles. The highest BCUT2D eigenvalue weighted by Crippen LogP contribution is 2.28. The van der Waals surface area contributed by atoms with Crippen LogP contribution in [-0.2, 0) is 6.42 Å². The number of benzene rings is 1. The van der Waals surface area contributed by atoms with Crippen molar-refractivity contribution >= 4 is 17.5 Å². The SMILES string of the molecule is CN1CCN(c2ncc(C(=O)N3CCc4ccccc43)cn2)CC1. The first-order chi connectivity index (χ1) is 11.7. The zero-order valence-electron chi connectivity index (χ0n) is 13.9. The summed E-state index contributed by atoms with van der Waals surface area (Å²) >= 11 is 0. The lowest BCUT2D eigenvalue weighted by atomic mass is 10.2. The minimum absolute atomic E-state index is 0.0233. The van der Waals surface area contributed by atoms with Crippen LogP contribution in [0.2, 0.25) is 0 Å². The molecule has 6 nitrogen and oxygen atoms in total. The number of nitrogens with zero attached hydrogens (tertiary/aromatic N) is 5. The zero-order valence-corrected chi connectivity index (χ0v) is 13.9. The number of amides is 1. The molecule has 1 fully saturated rings. The summed E-state index contributed by atoms with van der Waals surface area (Å²) in [6, 6.07) is 8.06. The van der Waals surface area contributed by atoms with E-state index in [1.807, 2.05) is 23.1 Å². The highest BCUT2D eigenvalue weighted by atomic mass is 16.2. The average Bonchev–Trinajstić information content (AvgIpc) is 3.06. The van der Waals surface area contributed by atoms with E-state index in [1.165, 1.54) is 5.56 Å². The molecule has 3 heterocycles. The molecule has 1 aromatic heterocycles. The van der Waals surface area contributed by atoms with Gasteiger partial charge in [-0.2, -0.15) is 0 Å². The molecule has 2 aromatic rings. The number of carbonyl (C=O) groups excluding carboxylic acids is 1. The minimum atomic E-state index is -0.0233. The lowest BCUT2D eigenvalue weighted by Crippen LogP contribution is -2.45. The first-order valence-electron chi connectivity index (χ1n) is 8.38. The van der Waals surface area contributed by atoms with Gasteiger partial charge in [-0.1, -0.05) is 18.2 Å². The molecule has 1 amide bonds. The van der Waals surface area contributed by atoms with Gasteiger partial charge in [-0.15, -0.1) is 0 Å². The highest BCUT2D eigenvalue weighted by molar-refractivity contribution is 6.06. The lowest BCUT2D eigenvalue weighted by Gasteiger charge is -2.32. The number of rotatable bonds is 2. The number of piperazine rings is 1. The first-order valence-corrected chi connectivity index (χ1v) is 8.38. The van der Waals surface area contributed by atoms with Crippen molar-refractivity contribution in [3.05, 3.63) is 47.8 Å². The third-order valence-corrected chi connectivity index (χ3v) is 4.80. The molecule has 0 N–H and O–H groups in total. The van der Waals surface area contributed by atoms with Gasteiger partial charge in [0.1, 0.15) is 0 Å². The molecule has 0 unspecified atom stereocenters. The third-order valence-electron chi connectivity index (χ3n) is 4.80. The van der Waals surface area contributed by atoms with Crippen molar-refractivity contribution in [2.24, 2.45) is 0 Å². The molecule has 0 saturated carbocycles. The van der Waals surface area contributed by atoms with Gasteiger partial charge < -0.3 is 14.7 Å². The highest BCUT2D eigenvalue weighted by Gasteiger charge is 2.26. The fourth-order valence-electron chi connectivity index (χ4n) is 3.31. The molecule has 0 bridgehead atoms. The molecule has 0 spiro atoms. The first kappa shape index (κ1) is 15.1. The fourth-order valence-corrected chi connectivity index (χ4v) is 3.31. The van der Waals surface area contributed by atoms with E-state index in [4.69, 9.17) is 0 Å². The molecule has 0 radical (unpaired) electrons. The number of aromatic nitrogens is 2. The number of para-hydroxylation sites is 1. The normalized spacial score (nSPS) is 17.9. The molecule has 0 atom stereocenters. The van der Waals surface area contributed by atoms with E-state index in [9.17, 15) is 4.79 Å². The van der Waals surface area contributed by atoms with Gasteiger partial charge in [-0.25, -0.2) is 9.97 Å². The van der Waals surface area contributed by atoms with Gasteiger partial charge in [-0.3, -0.25) is 4.79 Å². The number of hydrogen-bond donors (Lipinski definition) is 0. The largest absolute Gasteiger partial charge is 0.338 e. The maximum atomic E-state index is 12.8. The molecular formula is C18H21N5O. The predicted octanol–water partition coefficient (Wildman–Crippen LogP) is 1.43. The Hall–Kier alpha value is -2.47. The van der Waals surface area contributed by atoms with Crippen molar-refractivity contribution in [3.63, 3.8) is 0 Å². The molecule has 2 aliphatic heterocycles. The summed E-state index contributed by atoms with van der Waals surface area (Å²) in [5.41, 5.74) is 2.77. The summed E-state index contributed by atoms with van der Waals surface area (Å²) in [4.78, 5) is 27.9. The molecular weight excluding hydrogens is 302 g/mol. The van der Waals surface area contributed by atoms with E-state index in [0.717, 1.165) is 44.8 Å². The Morgan fingerprint density at radius 3 is 2.46 bits per heavy atom. The van der Waals surface area contributed by atoms with E-state index in [-0.39, 0.29) is 5.91 Å². The Kier molecular flexibility index (Phi) is 3.90. The average molecular weight is 323 g/mol. The van der Waals surface area contributed by atoms with Gasteiger partial charge in [0.25, 0.3) is 5.91 Å². The Morgan fingerprint density at radius 1 is 1.00 bits per heavy atom. The van der Waals surface area contributed by atoms with Gasteiger partial charge in [-0.05, 0) is 25.1 Å². The fraction of sp³-hybridized carbons (Fsp3) is 0.389. The van der Waals surface area contributed by atoms with E-state index < -0.39 is 0 Å². The van der Waals surface area contributed by atoms with Crippen LogP contribution in [0, 0.1) is 0 Å². The second kappa shape index (κ2) is 6.20. The van der Waals surface area contributed by atoms with Crippen molar-refractivity contribution in [1.29, 1.82) is 0 Å². The molecule has 0 aliphatic carbocycles. The van der Waals surface area contributed by atoms with Crippen LogP contribution in [-0.4, -0.2) is 60.5 Å². The van der Waals surface area contributed by atoms with Crippen molar-refractivity contribution in [2.75, 3.05) is 49.6 Å². The van der Waals surface area contributed by atoms with Gasteiger partial charge in [0.2, 0.25) is 5.95 Å². The molecule has 24 heavy (non-hydrogen) atoms. The topological polar surface area (TPSA) is 52.6 Å². The smallest absolute Gasteiger partial charge is 0.261 e. The van der Waals surface area contributed by atoms with Crippen molar-refractivity contribution in [2.45, 2.75) is 6.42 Å². The van der Waals surface area contributed by atoms with Gasteiger partial charge in [0.05, 0.1) is 5.56 Å². The molecule has 1 saturated heterocycles. The van der Waals surface area contributed by atoms with E-state index >= 15 is 0 Å². The van der Waals surface area contributed by atoms with Crippen LogP contribution < -0.4 is 9.80 Å². The van der Waals surface area contributed by atoms with Crippen LogP contribution in [0.25, 0.3) is 0 Å². The van der Waals surface area contributed by atoms with Gasteiger partial charge in [0, 0.05) is 50.8 Å². The van der Waals surface area contributed by atoms with Gasteiger partial charge in [0.15, 0.2) is 0 Å². The summed E-state index contributed by atoms with van der Waals surface area (Å²) in [5.74, 6) is 0.686. The van der Waals surface area contributed by atoms with Crippen molar-refractivity contribution in [3.8, 4) is 0 Å². The Balaban J connectivity index is 1.50. The van der Waals surface area contributed by atoms with Crippen LogP contribution in [0.4, 0.5) is 11.6 Å². The number of anilines is 2. The van der Waals surface area contributed by atoms with Gasteiger partial charge >= 0.3 is 0 Å². The number of likely N-dealkylation sites (N-methyl/N-ethyl adjacent to an activating group) is 1. The van der Waals surface area contributed by atoms with E-state index in [2.05, 4.69) is 32.9 Å².